The second kappa shape index (κ2) is 10.4. The number of rotatable bonds is 5. The van der Waals surface area contributed by atoms with Gasteiger partial charge in [-0.25, -0.2) is 4.39 Å². The molecule has 0 amide bonds. The zero-order valence-electron chi connectivity index (χ0n) is 25.1. The van der Waals surface area contributed by atoms with Crippen LogP contribution in [0.2, 0.25) is 0 Å². The van der Waals surface area contributed by atoms with Gasteiger partial charge in [-0.3, -0.25) is 9.88 Å². The number of nitriles is 1. The predicted molar refractivity (Wildman–Crippen MR) is 163 cm³/mol. The Labute approximate surface area is 257 Å². The molecular weight excluding hydrogens is 557 g/mol. The number of hydrogen-bond acceptors (Lipinski definition) is 9. The maximum atomic E-state index is 14.5. The molecule has 8 rings (SSSR count). The number of anilines is 2. The van der Waals surface area contributed by atoms with Gasteiger partial charge in [0.15, 0.2) is 0 Å². The van der Waals surface area contributed by atoms with Crippen molar-refractivity contribution in [2.45, 2.75) is 81.2 Å². The summed E-state index contributed by atoms with van der Waals surface area (Å²) in [4.78, 5) is 18.8. The Morgan fingerprint density at radius 1 is 1.20 bits per heavy atom. The van der Waals surface area contributed by atoms with E-state index in [9.17, 15) is 9.65 Å². The maximum absolute atomic E-state index is 14.5. The van der Waals surface area contributed by atoms with Crippen LogP contribution in [0.5, 0.6) is 6.01 Å². The summed E-state index contributed by atoms with van der Waals surface area (Å²) in [6, 6.07) is 10.7. The van der Waals surface area contributed by atoms with Crippen LogP contribution in [0.4, 0.5) is 15.9 Å². The molecule has 4 unspecified atom stereocenters. The summed E-state index contributed by atoms with van der Waals surface area (Å²) in [5.74, 6) is 1.51. The maximum Gasteiger partial charge on any atom is 0.318 e. The summed E-state index contributed by atoms with van der Waals surface area (Å²) in [6.07, 6.45) is 7.61. The van der Waals surface area contributed by atoms with Crippen molar-refractivity contribution in [3.8, 4) is 12.1 Å². The molecule has 5 aliphatic rings. The van der Waals surface area contributed by atoms with Crippen molar-refractivity contribution in [2.75, 3.05) is 43.4 Å². The SMILES string of the molecule is CC1CCC2(Cc3nc(OCC45CCCN4CC(F)C5)nc(N4CC(c5cccnc5)C4)c3CO2)c2c1ccc(N)c2C#N. The number of aromatic nitrogens is 3. The Bertz CT molecular complexity index is 1640. The van der Waals surface area contributed by atoms with Gasteiger partial charge in [0.05, 0.1) is 23.4 Å². The fourth-order valence-electron chi connectivity index (χ4n) is 8.48. The van der Waals surface area contributed by atoms with Crippen LogP contribution in [0.25, 0.3) is 0 Å². The number of hydrogen-bond donors (Lipinski definition) is 1. The molecule has 2 N–H and O–H groups in total. The standard InChI is InChI=1S/C34H38FN7O2/c1-21-7-9-34(30-25(21)5-6-28(37)26(30)14-36)13-29-27(19-44-34)31(41-16-23(17-41)22-4-2-10-38-15-22)40-32(39-29)43-20-33-8-3-11-42(33)18-24(35)12-33/h2,4-6,10,15,21,23-24H,3,7-9,11-13,16-20,37H2,1H3. The lowest BCUT2D eigenvalue weighted by atomic mass is 9.69. The van der Waals surface area contributed by atoms with E-state index in [1.54, 1.807) is 6.20 Å². The molecule has 1 aromatic carbocycles. The fourth-order valence-corrected chi connectivity index (χ4v) is 8.48. The van der Waals surface area contributed by atoms with Gasteiger partial charge in [0.2, 0.25) is 0 Å². The van der Waals surface area contributed by atoms with Crippen molar-refractivity contribution in [3.63, 3.8) is 0 Å². The first-order chi connectivity index (χ1) is 21.4. The lowest BCUT2D eigenvalue weighted by Crippen LogP contribution is -2.47. The summed E-state index contributed by atoms with van der Waals surface area (Å²) in [6.45, 7) is 5.93. The Morgan fingerprint density at radius 2 is 2.09 bits per heavy atom. The monoisotopic (exact) mass is 595 g/mol. The van der Waals surface area contributed by atoms with Gasteiger partial charge >= 0.3 is 6.01 Å². The quantitative estimate of drug-likeness (QED) is 0.418. The van der Waals surface area contributed by atoms with Crippen molar-refractivity contribution in [2.24, 2.45) is 0 Å². The minimum Gasteiger partial charge on any atom is -0.461 e. The van der Waals surface area contributed by atoms with Crippen LogP contribution in [-0.4, -0.2) is 64.3 Å². The number of benzene rings is 1. The van der Waals surface area contributed by atoms with E-state index in [0.717, 1.165) is 73.5 Å². The van der Waals surface area contributed by atoms with Gasteiger partial charge in [0, 0.05) is 67.6 Å². The molecule has 228 valence electrons. The number of nitrogens with zero attached hydrogens (tertiary/aromatic N) is 6. The molecule has 3 fully saturated rings. The highest BCUT2D eigenvalue weighted by Crippen LogP contribution is 2.51. The highest BCUT2D eigenvalue weighted by Gasteiger charge is 2.50. The number of nitrogens with two attached hydrogens (primary N) is 1. The molecule has 0 bridgehead atoms. The van der Waals surface area contributed by atoms with Crippen molar-refractivity contribution in [1.82, 2.24) is 19.9 Å². The van der Waals surface area contributed by atoms with E-state index in [1.165, 1.54) is 5.56 Å². The predicted octanol–water partition coefficient (Wildman–Crippen LogP) is 4.75. The molecule has 44 heavy (non-hydrogen) atoms. The van der Waals surface area contributed by atoms with E-state index in [0.29, 0.717) is 61.7 Å². The van der Waals surface area contributed by atoms with E-state index < -0.39 is 11.8 Å². The summed E-state index contributed by atoms with van der Waals surface area (Å²) >= 11 is 0. The lowest BCUT2D eigenvalue weighted by Gasteiger charge is -2.46. The van der Waals surface area contributed by atoms with E-state index in [-0.39, 0.29) is 5.54 Å². The van der Waals surface area contributed by atoms with Gasteiger partial charge in [0.1, 0.15) is 30.3 Å². The first-order valence-corrected chi connectivity index (χ1v) is 15.9. The number of halogens is 1. The molecule has 2 aromatic heterocycles. The third-order valence-corrected chi connectivity index (χ3v) is 10.9. The van der Waals surface area contributed by atoms with Gasteiger partial charge in [0.25, 0.3) is 0 Å². The van der Waals surface area contributed by atoms with Gasteiger partial charge in [-0.05, 0) is 61.4 Å². The van der Waals surface area contributed by atoms with Gasteiger partial charge in [-0.1, -0.05) is 19.1 Å². The molecule has 1 aliphatic carbocycles. The van der Waals surface area contributed by atoms with E-state index in [4.69, 9.17) is 25.2 Å². The van der Waals surface area contributed by atoms with Crippen LogP contribution in [0.1, 0.15) is 84.4 Å². The normalized spacial score (nSPS) is 29.5. The Morgan fingerprint density at radius 3 is 2.91 bits per heavy atom. The third kappa shape index (κ3) is 4.35. The first-order valence-electron chi connectivity index (χ1n) is 15.9. The smallest absolute Gasteiger partial charge is 0.318 e. The molecule has 10 heteroatoms. The zero-order valence-corrected chi connectivity index (χ0v) is 25.1. The van der Waals surface area contributed by atoms with E-state index >= 15 is 0 Å². The van der Waals surface area contributed by atoms with E-state index in [1.807, 2.05) is 18.3 Å². The highest BCUT2D eigenvalue weighted by molar-refractivity contribution is 5.64. The number of ether oxygens (including phenoxy) is 2. The van der Waals surface area contributed by atoms with Crippen molar-refractivity contribution in [1.29, 1.82) is 5.26 Å². The second-order valence-corrected chi connectivity index (χ2v) is 13.5. The molecule has 4 atom stereocenters. The number of nitrogen functional groups attached to an aromatic ring is 1. The summed E-state index contributed by atoms with van der Waals surface area (Å²) in [5.41, 5.74) is 11.5. The summed E-state index contributed by atoms with van der Waals surface area (Å²) in [5, 5.41) is 10.2. The molecule has 6 heterocycles. The molecule has 1 spiro atoms. The minimum atomic E-state index is -0.822. The van der Waals surface area contributed by atoms with Crippen LogP contribution >= 0.6 is 0 Å². The number of alkyl halides is 1. The number of pyridine rings is 1. The molecule has 4 aliphatic heterocycles. The first kappa shape index (κ1) is 27.7. The Balaban J connectivity index is 1.15. The van der Waals surface area contributed by atoms with Crippen LogP contribution in [0, 0.1) is 11.3 Å². The van der Waals surface area contributed by atoms with Crippen LogP contribution in [0.3, 0.4) is 0 Å². The topological polar surface area (TPSA) is 113 Å². The number of fused-ring (bicyclic) bond motifs is 4. The van der Waals surface area contributed by atoms with Crippen LogP contribution < -0.4 is 15.4 Å². The second-order valence-electron chi connectivity index (χ2n) is 13.5. The van der Waals surface area contributed by atoms with Gasteiger partial charge in [-0.15, -0.1) is 0 Å². The van der Waals surface area contributed by atoms with Gasteiger partial charge < -0.3 is 20.1 Å². The zero-order chi connectivity index (χ0) is 30.1. The van der Waals surface area contributed by atoms with Crippen LogP contribution in [-0.2, 0) is 23.4 Å². The summed E-state index contributed by atoms with van der Waals surface area (Å²) < 4.78 is 27.7. The molecule has 3 aromatic rings. The Hall–Kier alpha value is -3.81. The van der Waals surface area contributed by atoms with E-state index in [2.05, 4.69) is 39.9 Å². The largest absolute Gasteiger partial charge is 0.461 e. The third-order valence-electron chi connectivity index (χ3n) is 10.9. The van der Waals surface area contributed by atoms with Crippen molar-refractivity contribution < 1.29 is 13.9 Å². The Kier molecular flexibility index (Phi) is 6.54. The van der Waals surface area contributed by atoms with Crippen molar-refractivity contribution in [3.05, 3.63) is 70.2 Å². The fraction of sp³-hybridized carbons (Fsp3) is 0.529. The van der Waals surface area contributed by atoms with Gasteiger partial charge in [-0.2, -0.15) is 15.2 Å². The average Bonchev–Trinajstić information content (AvgIpc) is 3.53. The molecule has 9 nitrogen and oxygen atoms in total. The average molecular weight is 596 g/mol. The summed E-state index contributed by atoms with van der Waals surface area (Å²) in [7, 11) is 0. The molecule has 3 saturated heterocycles. The lowest BCUT2D eigenvalue weighted by molar-refractivity contribution is -0.0873. The van der Waals surface area contributed by atoms with Crippen LogP contribution in [0.15, 0.2) is 36.7 Å². The molecule has 0 radical (unpaired) electrons. The van der Waals surface area contributed by atoms with Crippen molar-refractivity contribution >= 4 is 11.5 Å². The highest BCUT2D eigenvalue weighted by atomic mass is 19.1. The molecule has 0 saturated carbocycles. The minimum absolute atomic E-state index is 0.289. The molecular formula is C34H38FN7O2.